The van der Waals surface area contributed by atoms with Gasteiger partial charge in [-0.25, -0.2) is 4.79 Å². The third-order valence-corrected chi connectivity index (χ3v) is 3.83. The molecular weight excluding hydrogens is 379 g/mol. The Morgan fingerprint density at radius 3 is 2.54 bits per heavy atom. The topological polar surface area (TPSA) is 80.2 Å². The SMILES string of the molecule is CCOc1cc(C=NNc2ccc(Cl)c(C(=O)O)c2)cc(Cl)c1OCC. The van der Waals surface area contributed by atoms with Crippen LogP contribution < -0.4 is 14.9 Å². The quantitative estimate of drug-likeness (QED) is 0.488. The highest BCUT2D eigenvalue weighted by Crippen LogP contribution is 2.36. The summed E-state index contributed by atoms with van der Waals surface area (Å²) in [6.07, 6.45) is 1.54. The number of hydrazone groups is 1. The van der Waals surface area contributed by atoms with E-state index < -0.39 is 5.97 Å². The lowest BCUT2D eigenvalue weighted by Crippen LogP contribution is -2.01. The Morgan fingerprint density at radius 1 is 1.15 bits per heavy atom. The van der Waals surface area contributed by atoms with Gasteiger partial charge in [0.15, 0.2) is 11.5 Å². The van der Waals surface area contributed by atoms with E-state index in [1.54, 1.807) is 24.4 Å². The number of nitrogens with zero attached hydrogens (tertiary/aromatic N) is 1. The van der Waals surface area contributed by atoms with E-state index in [0.717, 1.165) is 0 Å². The van der Waals surface area contributed by atoms with Crippen molar-refractivity contribution in [1.29, 1.82) is 0 Å². The van der Waals surface area contributed by atoms with Gasteiger partial charge in [-0.05, 0) is 49.7 Å². The number of ether oxygens (including phenoxy) is 2. The lowest BCUT2D eigenvalue weighted by atomic mass is 10.2. The fraction of sp³-hybridized carbons (Fsp3) is 0.222. The molecule has 2 aromatic carbocycles. The fourth-order valence-corrected chi connectivity index (χ4v) is 2.62. The van der Waals surface area contributed by atoms with Crippen molar-refractivity contribution in [1.82, 2.24) is 0 Å². The number of rotatable bonds is 8. The Labute approximate surface area is 161 Å². The van der Waals surface area contributed by atoms with E-state index in [0.29, 0.717) is 41.0 Å². The van der Waals surface area contributed by atoms with Crippen molar-refractivity contribution in [3.8, 4) is 11.5 Å². The maximum absolute atomic E-state index is 11.1. The summed E-state index contributed by atoms with van der Waals surface area (Å²) in [5.74, 6) is -0.0878. The molecule has 0 atom stereocenters. The summed E-state index contributed by atoms with van der Waals surface area (Å²) >= 11 is 12.1. The lowest BCUT2D eigenvalue weighted by molar-refractivity contribution is 0.0697. The van der Waals surface area contributed by atoms with Crippen LogP contribution >= 0.6 is 23.2 Å². The average Bonchev–Trinajstić information content (AvgIpc) is 2.59. The Kier molecular flexibility index (Phi) is 7.12. The van der Waals surface area contributed by atoms with Gasteiger partial charge in [-0.15, -0.1) is 0 Å². The van der Waals surface area contributed by atoms with Crippen LogP contribution in [0.3, 0.4) is 0 Å². The fourth-order valence-electron chi connectivity index (χ4n) is 2.15. The standard InChI is InChI=1S/C18H18Cl2N2O4/c1-3-25-16-8-11(7-15(20)17(16)26-4-2)10-21-22-12-5-6-14(19)13(9-12)18(23)24/h5-10,22H,3-4H2,1-2H3,(H,23,24). The predicted molar refractivity (Wildman–Crippen MR) is 103 cm³/mol. The van der Waals surface area contributed by atoms with Crippen molar-refractivity contribution >= 4 is 41.1 Å². The molecule has 0 aliphatic heterocycles. The number of hydrogen-bond donors (Lipinski definition) is 2. The number of benzene rings is 2. The van der Waals surface area contributed by atoms with Crippen molar-refractivity contribution in [2.45, 2.75) is 13.8 Å². The van der Waals surface area contributed by atoms with Gasteiger partial charge in [0.2, 0.25) is 0 Å². The van der Waals surface area contributed by atoms with Crippen molar-refractivity contribution < 1.29 is 19.4 Å². The molecule has 2 N–H and O–H groups in total. The molecule has 0 heterocycles. The van der Waals surface area contributed by atoms with E-state index in [4.69, 9.17) is 37.8 Å². The van der Waals surface area contributed by atoms with Crippen molar-refractivity contribution in [3.05, 3.63) is 51.5 Å². The molecular formula is C18H18Cl2N2O4. The first-order valence-corrected chi connectivity index (χ1v) is 8.62. The van der Waals surface area contributed by atoms with Crippen LogP contribution in [0.5, 0.6) is 11.5 Å². The zero-order chi connectivity index (χ0) is 19.1. The van der Waals surface area contributed by atoms with E-state index >= 15 is 0 Å². The van der Waals surface area contributed by atoms with Crippen molar-refractivity contribution in [2.24, 2.45) is 5.10 Å². The lowest BCUT2D eigenvalue weighted by Gasteiger charge is -2.13. The molecule has 0 aliphatic carbocycles. The second kappa shape index (κ2) is 9.31. The van der Waals surface area contributed by atoms with Gasteiger partial charge >= 0.3 is 5.97 Å². The highest BCUT2D eigenvalue weighted by molar-refractivity contribution is 6.33. The number of nitrogens with one attached hydrogen (secondary N) is 1. The molecule has 138 valence electrons. The van der Waals surface area contributed by atoms with Crippen LogP contribution in [0.2, 0.25) is 10.0 Å². The highest BCUT2D eigenvalue weighted by Gasteiger charge is 2.12. The van der Waals surface area contributed by atoms with Gasteiger partial charge in [0.1, 0.15) is 0 Å². The monoisotopic (exact) mass is 396 g/mol. The molecule has 0 aliphatic rings. The maximum Gasteiger partial charge on any atom is 0.337 e. The summed E-state index contributed by atoms with van der Waals surface area (Å²) in [6, 6.07) is 7.98. The summed E-state index contributed by atoms with van der Waals surface area (Å²) in [4.78, 5) is 11.1. The summed E-state index contributed by atoms with van der Waals surface area (Å²) in [5.41, 5.74) is 3.94. The zero-order valence-electron chi connectivity index (χ0n) is 14.3. The molecule has 0 fully saturated rings. The molecule has 6 nitrogen and oxygen atoms in total. The van der Waals surface area contributed by atoms with Crippen LogP contribution in [0, 0.1) is 0 Å². The van der Waals surface area contributed by atoms with Gasteiger partial charge < -0.3 is 14.6 Å². The molecule has 0 spiro atoms. The second-order valence-corrected chi connectivity index (χ2v) is 5.88. The molecule has 0 saturated heterocycles. The van der Waals surface area contributed by atoms with Crippen LogP contribution in [0.25, 0.3) is 0 Å². The summed E-state index contributed by atoms with van der Waals surface area (Å²) in [6.45, 7) is 4.67. The van der Waals surface area contributed by atoms with Gasteiger partial charge in [-0.1, -0.05) is 23.2 Å². The zero-order valence-corrected chi connectivity index (χ0v) is 15.8. The molecule has 8 heteroatoms. The molecule has 0 saturated carbocycles. The van der Waals surface area contributed by atoms with Crippen LogP contribution in [0.1, 0.15) is 29.8 Å². The Bertz CT molecular complexity index is 825. The molecule has 26 heavy (non-hydrogen) atoms. The smallest absolute Gasteiger partial charge is 0.337 e. The number of carboxylic acids is 1. The van der Waals surface area contributed by atoms with Gasteiger partial charge in [0.25, 0.3) is 0 Å². The first-order chi connectivity index (χ1) is 12.5. The minimum atomic E-state index is -1.11. The number of carbonyl (C=O) groups is 1. The predicted octanol–water partition coefficient (Wildman–Crippen LogP) is 4.94. The summed E-state index contributed by atoms with van der Waals surface area (Å²) < 4.78 is 11.1. The first-order valence-electron chi connectivity index (χ1n) is 7.87. The van der Waals surface area contributed by atoms with Crippen LogP contribution in [-0.2, 0) is 0 Å². The minimum Gasteiger partial charge on any atom is -0.490 e. The molecule has 0 radical (unpaired) electrons. The minimum absolute atomic E-state index is 0.00499. The number of halogens is 2. The van der Waals surface area contributed by atoms with Gasteiger partial charge in [-0.2, -0.15) is 5.10 Å². The Balaban J connectivity index is 2.20. The largest absolute Gasteiger partial charge is 0.490 e. The second-order valence-electron chi connectivity index (χ2n) is 5.07. The summed E-state index contributed by atoms with van der Waals surface area (Å²) in [5, 5.41) is 13.8. The third kappa shape index (κ3) is 5.03. The van der Waals surface area contributed by atoms with E-state index in [2.05, 4.69) is 10.5 Å². The number of carboxylic acid groups (broad SMARTS) is 1. The van der Waals surface area contributed by atoms with Crippen molar-refractivity contribution in [2.75, 3.05) is 18.6 Å². The van der Waals surface area contributed by atoms with Crippen LogP contribution in [0.15, 0.2) is 35.4 Å². The molecule has 0 bridgehead atoms. The highest BCUT2D eigenvalue weighted by atomic mass is 35.5. The molecule has 0 unspecified atom stereocenters. The van der Waals surface area contributed by atoms with Crippen LogP contribution in [0.4, 0.5) is 5.69 Å². The maximum atomic E-state index is 11.1. The Hall–Kier alpha value is -2.44. The van der Waals surface area contributed by atoms with Gasteiger partial charge in [0.05, 0.1) is 40.7 Å². The van der Waals surface area contributed by atoms with E-state index in [1.165, 1.54) is 12.1 Å². The Morgan fingerprint density at radius 2 is 1.88 bits per heavy atom. The number of hydrogen-bond acceptors (Lipinski definition) is 5. The van der Waals surface area contributed by atoms with Crippen molar-refractivity contribution in [3.63, 3.8) is 0 Å². The molecule has 0 aromatic heterocycles. The molecule has 0 amide bonds. The number of aromatic carboxylic acids is 1. The average molecular weight is 397 g/mol. The van der Waals surface area contributed by atoms with Gasteiger partial charge in [0, 0.05) is 0 Å². The van der Waals surface area contributed by atoms with Gasteiger partial charge in [-0.3, -0.25) is 5.43 Å². The first kappa shape index (κ1) is 19.9. The molecule has 2 rings (SSSR count). The van der Waals surface area contributed by atoms with E-state index in [1.807, 2.05) is 13.8 Å². The molecule has 2 aromatic rings. The third-order valence-electron chi connectivity index (χ3n) is 3.22. The normalized spacial score (nSPS) is 10.8. The number of anilines is 1. The van der Waals surface area contributed by atoms with E-state index in [-0.39, 0.29) is 10.6 Å². The van der Waals surface area contributed by atoms with Crippen LogP contribution in [-0.4, -0.2) is 30.5 Å². The van der Waals surface area contributed by atoms with E-state index in [9.17, 15) is 4.79 Å². The summed E-state index contributed by atoms with van der Waals surface area (Å²) in [7, 11) is 0.